The van der Waals surface area contributed by atoms with Gasteiger partial charge in [-0.2, -0.15) is 0 Å². The molecule has 98 valence electrons. The van der Waals surface area contributed by atoms with Crippen LogP contribution in [0.25, 0.3) is 0 Å². The molecule has 1 aromatic rings. The number of carbonyl (C=O) groups excluding carboxylic acids is 2. The molecule has 1 rings (SSSR count). The number of primary amides is 1. The van der Waals surface area contributed by atoms with Crippen molar-refractivity contribution in [1.82, 2.24) is 10.3 Å². The van der Waals surface area contributed by atoms with Gasteiger partial charge in [0.15, 0.2) is 0 Å². The van der Waals surface area contributed by atoms with Gasteiger partial charge in [-0.05, 0) is 18.9 Å². The SMILES string of the molecule is CC(C)C(C)(NC(=O)c1cncc(O)c1)C(N)=O. The summed E-state index contributed by atoms with van der Waals surface area (Å²) >= 11 is 0. The van der Waals surface area contributed by atoms with E-state index in [-0.39, 0.29) is 17.2 Å². The number of nitrogens with zero attached hydrogens (tertiary/aromatic N) is 1. The second-order valence-electron chi connectivity index (χ2n) is 4.61. The van der Waals surface area contributed by atoms with E-state index in [1.165, 1.54) is 18.5 Å². The van der Waals surface area contributed by atoms with Gasteiger partial charge in [0.1, 0.15) is 11.3 Å². The van der Waals surface area contributed by atoms with Crippen molar-refractivity contribution in [2.24, 2.45) is 11.7 Å². The largest absolute Gasteiger partial charge is 0.506 e. The van der Waals surface area contributed by atoms with E-state index in [0.717, 1.165) is 0 Å². The molecule has 0 fully saturated rings. The Labute approximate surface area is 105 Å². The Bertz CT molecular complexity index is 473. The normalized spacial score (nSPS) is 14.0. The van der Waals surface area contributed by atoms with Crippen LogP contribution >= 0.6 is 0 Å². The van der Waals surface area contributed by atoms with Crippen LogP contribution in [0.3, 0.4) is 0 Å². The summed E-state index contributed by atoms with van der Waals surface area (Å²) in [6.45, 7) is 5.13. The number of hydrogen-bond donors (Lipinski definition) is 3. The molecule has 0 saturated heterocycles. The summed E-state index contributed by atoms with van der Waals surface area (Å²) in [6, 6.07) is 1.27. The topological polar surface area (TPSA) is 105 Å². The molecule has 4 N–H and O–H groups in total. The summed E-state index contributed by atoms with van der Waals surface area (Å²) in [7, 11) is 0. The van der Waals surface area contributed by atoms with Gasteiger partial charge in [0.25, 0.3) is 5.91 Å². The van der Waals surface area contributed by atoms with Gasteiger partial charge >= 0.3 is 0 Å². The van der Waals surface area contributed by atoms with Crippen LogP contribution in [-0.4, -0.2) is 27.4 Å². The van der Waals surface area contributed by atoms with E-state index in [2.05, 4.69) is 10.3 Å². The summed E-state index contributed by atoms with van der Waals surface area (Å²) in [5.41, 5.74) is 4.33. The van der Waals surface area contributed by atoms with Crippen LogP contribution in [0.15, 0.2) is 18.5 Å². The highest BCUT2D eigenvalue weighted by molar-refractivity contribution is 5.98. The third-order valence-electron chi connectivity index (χ3n) is 3.03. The van der Waals surface area contributed by atoms with Crippen molar-refractivity contribution in [1.29, 1.82) is 0 Å². The fourth-order valence-corrected chi connectivity index (χ4v) is 1.35. The molecular weight excluding hydrogens is 234 g/mol. The van der Waals surface area contributed by atoms with Crippen molar-refractivity contribution in [2.75, 3.05) is 0 Å². The number of rotatable bonds is 4. The predicted octanol–water partition coefficient (Wildman–Crippen LogP) is 0.417. The molecule has 0 aliphatic carbocycles. The molecule has 6 nitrogen and oxygen atoms in total. The lowest BCUT2D eigenvalue weighted by Crippen LogP contribution is -2.58. The Morgan fingerprint density at radius 2 is 2.06 bits per heavy atom. The van der Waals surface area contributed by atoms with Crippen LogP contribution in [0, 0.1) is 5.92 Å². The quantitative estimate of drug-likeness (QED) is 0.721. The number of amides is 2. The molecule has 0 aliphatic heterocycles. The molecule has 1 unspecified atom stereocenters. The summed E-state index contributed by atoms with van der Waals surface area (Å²) in [5, 5.41) is 11.8. The van der Waals surface area contributed by atoms with Crippen LogP contribution in [-0.2, 0) is 4.79 Å². The van der Waals surface area contributed by atoms with Crippen LogP contribution in [0.1, 0.15) is 31.1 Å². The van der Waals surface area contributed by atoms with Crippen molar-refractivity contribution in [3.63, 3.8) is 0 Å². The van der Waals surface area contributed by atoms with Crippen molar-refractivity contribution >= 4 is 11.8 Å². The van der Waals surface area contributed by atoms with Gasteiger partial charge in [0.2, 0.25) is 5.91 Å². The lowest BCUT2D eigenvalue weighted by Gasteiger charge is -2.31. The van der Waals surface area contributed by atoms with Gasteiger partial charge in [0, 0.05) is 6.20 Å². The minimum atomic E-state index is -1.15. The van der Waals surface area contributed by atoms with Crippen LogP contribution in [0.5, 0.6) is 5.75 Å². The van der Waals surface area contributed by atoms with Gasteiger partial charge in [-0.1, -0.05) is 13.8 Å². The Hall–Kier alpha value is -2.11. The number of hydrogen-bond acceptors (Lipinski definition) is 4. The number of aromatic hydroxyl groups is 1. The summed E-state index contributed by atoms with van der Waals surface area (Å²) in [5.74, 6) is -1.40. The molecule has 0 bridgehead atoms. The highest BCUT2D eigenvalue weighted by Gasteiger charge is 2.36. The van der Waals surface area contributed by atoms with Crippen molar-refractivity contribution < 1.29 is 14.7 Å². The standard InChI is InChI=1S/C12H17N3O3/c1-7(2)12(3,11(13)18)15-10(17)8-4-9(16)6-14-5-8/h4-7,16H,1-3H3,(H2,13,18)(H,15,17). The predicted molar refractivity (Wildman–Crippen MR) is 65.8 cm³/mol. The molecule has 0 saturated carbocycles. The maximum Gasteiger partial charge on any atom is 0.253 e. The zero-order valence-electron chi connectivity index (χ0n) is 10.6. The lowest BCUT2D eigenvalue weighted by molar-refractivity contribution is -0.125. The van der Waals surface area contributed by atoms with E-state index in [9.17, 15) is 14.7 Å². The molecule has 1 atom stereocenters. The van der Waals surface area contributed by atoms with Crippen molar-refractivity contribution in [3.8, 4) is 5.75 Å². The van der Waals surface area contributed by atoms with Gasteiger partial charge in [-0.25, -0.2) is 0 Å². The van der Waals surface area contributed by atoms with Crippen molar-refractivity contribution in [2.45, 2.75) is 26.3 Å². The van der Waals surface area contributed by atoms with Gasteiger partial charge in [0.05, 0.1) is 11.8 Å². The molecular formula is C12H17N3O3. The molecule has 1 aromatic heterocycles. The Morgan fingerprint density at radius 1 is 1.44 bits per heavy atom. The average molecular weight is 251 g/mol. The smallest absolute Gasteiger partial charge is 0.253 e. The molecule has 0 radical (unpaired) electrons. The third-order valence-corrected chi connectivity index (χ3v) is 3.03. The van der Waals surface area contributed by atoms with Crippen LogP contribution in [0.4, 0.5) is 0 Å². The molecule has 6 heteroatoms. The first-order valence-electron chi connectivity index (χ1n) is 5.54. The maximum absolute atomic E-state index is 12.0. The van der Waals surface area contributed by atoms with Crippen LogP contribution in [0.2, 0.25) is 0 Å². The Morgan fingerprint density at radius 3 is 2.50 bits per heavy atom. The fourth-order valence-electron chi connectivity index (χ4n) is 1.35. The average Bonchev–Trinajstić information content (AvgIpc) is 2.28. The van der Waals surface area contributed by atoms with E-state index in [1.807, 2.05) is 0 Å². The third kappa shape index (κ3) is 2.77. The zero-order chi connectivity index (χ0) is 13.9. The number of aromatic nitrogens is 1. The van der Waals surface area contributed by atoms with E-state index >= 15 is 0 Å². The number of nitrogens with two attached hydrogens (primary N) is 1. The fraction of sp³-hybridized carbons (Fsp3) is 0.417. The minimum absolute atomic E-state index is 0.118. The van der Waals surface area contributed by atoms with Gasteiger partial charge < -0.3 is 16.2 Å². The zero-order valence-corrected chi connectivity index (χ0v) is 10.6. The Balaban J connectivity index is 2.96. The molecule has 2 amide bonds. The highest BCUT2D eigenvalue weighted by atomic mass is 16.3. The van der Waals surface area contributed by atoms with E-state index in [4.69, 9.17) is 5.73 Å². The van der Waals surface area contributed by atoms with E-state index in [1.54, 1.807) is 20.8 Å². The molecule has 1 heterocycles. The molecule has 0 spiro atoms. The second-order valence-corrected chi connectivity index (χ2v) is 4.61. The van der Waals surface area contributed by atoms with Gasteiger partial charge in [-0.15, -0.1) is 0 Å². The monoisotopic (exact) mass is 251 g/mol. The summed E-state index contributed by atoms with van der Waals surface area (Å²) in [4.78, 5) is 27.1. The second kappa shape index (κ2) is 5.03. The number of carbonyl (C=O) groups is 2. The first-order valence-corrected chi connectivity index (χ1v) is 5.54. The van der Waals surface area contributed by atoms with Crippen molar-refractivity contribution in [3.05, 3.63) is 24.0 Å². The molecule has 0 aromatic carbocycles. The van der Waals surface area contributed by atoms with E-state index < -0.39 is 17.4 Å². The Kier molecular flexibility index (Phi) is 3.90. The number of nitrogens with one attached hydrogen (secondary N) is 1. The van der Waals surface area contributed by atoms with Gasteiger partial charge in [-0.3, -0.25) is 14.6 Å². The highest BCUT2D eigenvalue weighted by Crippen LogP contribution is 2.17. The van der Waals surface area contributed by atoms with E-state index in [0.29, 0.717) is 0 Å². The maximum atomic E-state index is 12.0. The number of pyridine rings is 1. The van der Waals surface area contributed by atoms with Crippen LogP contribution < -0.4 is 11.1 Å². The summed E-state index contributed by atoms with van der Waals surface area (Å²) in [6.07, 6.45) is 2.52. The molecule has 0 aliphatic rings. The summed E-state index contributed by atoms with van der Waals surface area (Å²) < 4.78 is 0. The first kappa shape index (κ1) is 14.0. The lowest BCUT2D eigenvalue weighted by atomic mass is 9.87. The minimum Gasteiger partial charge on any atom is -0.506 e. The molecule has 18 heavy (non-hydrogen) atoms. The first-order chi connectivity index (χ1) is 8.27.